The number of nitrogens with zero attached hydrogens (tertiary/aromatic N) is 1. The van der Waals surface area contributed by atoms with E-state index in [-0.39, 0.29) is 11.9 Å². The zero-order valence-electron chi connectivity index (χ0n) is 10.2. The van der Waals surface area contributed by atoms with Gasteiger partial charge in [0.25, 0.3) is 5.91 Å². The minimum absolute atomic E-state index is 0.0191. The zero-order valence-corrected chi connectivity index (χ0v) is 10.2. The topological polar surface area (TPSA) is 44.4 Å². The average molecular weight is 225 g/mol. The predicted octanol–water partition coefficient (Wildman–Crippen LogP) is 1.03. The molecule has 4 heteroatoms. The average Bonchev–Trinajstić information content (AvgIpc) is 2.30. The number of nitrogens with one attached hydrogen (secondary N) is 2. The second-order valence-corrected chi connectivity index (χ2v) is 5.07. The SMILES string of the molecule is CC1CCCC(C(=O)NN2CCCCC2)N1. The maximum atomic E-state index is 12.0. The number of hydrogen-bond donors (Lipinski definition) is 2. The van der Waals surface area contributed by atoms with Crippen LogP contribution in [0.2, 0.25) is 0 Å². The first-order chi connectivity index (χ1) is 7.75. The Morgan fingerprint density at radius 3 is 2.62 bits per heavy atom. The molecular formula is C12H23N3O. The molecule has 2 rings (SSSR count). The zero-order chi connectivity index (χ0) is 11.4. The molecule has 0 aliphatic carbocycles. The summed E-state index contributed by atoms with van der Waals surface area (Å²) >= 11 is 0. The third-order valence-electron chi connectivity index (χ3n) is 3.56. The summed E-state index contributed by atoms with van der Waals surface area (Å²) in [6.45, 7) is 4.17. The Hall–Kier alpha value is -0.610. The molecule has 1 amide bonds. The Morgan fingerprint density at radius 2 is 1.94 bits per heavy atom. The quantitative estimate of drug-likeness (QED) is 0.738. The number of carbonyl (C=O) groups excluding carboxylic acids is 1. The fourth-order valence-electron chi connectivity index (χ4n) is 2.58. The number of carbonyl (C=O) groups is 1. The van der Waals surface area contributed by atoms with E-state index in [1.807, 2.05) is 0 Å². The van der Waals surface area contributed by atoms with Gasteiger partial charge in [-0.3, -0.25) is 10.2 Å². The molecule has 2 aliphatic rings. The van der Waals surface area contributed by atoms with Crippen LogP contribution in [-0.4, -0.2) is 36.1 Å². The van der Waals surface area contributed by atoms with Gasteiger partial charge in [0.1, 0.15) is 0 Å². The molecule has 0 aromatic rings. The first kappa shape index (κ1) is 11.9. The molecule has 2 saturated heterocycles. The third kappa shape index (κ3) is 3.19. The van der Waals surface area contributed by atoms with E-state index in [0.29, 0.717) is 6.04 Å². The molecule has 0 spiro atoms. The van der Waals surface area contributed by atoms with E-state index in [1.54, 1.807) is 0 Å². The summed E-state index contributed by atoms with van der Waals surface area (Å²) in [6.07, 6.45) is 7.03. The van der Waals surface area contributed by atoms with E-state index >= 15 is 0 Å². The summed E-state index contributed by atoms with van der Waals surface area (Å²) in [5.41, 5.74) is 3.04. The molecule has 2 atom stereocenters. The van der Waals surface area contributed by atoms with E-state index in [0.717, 1.165) is 25.9 Å². The predicted molar refractivity (Wildman–Crippen MR) is 63.8 cm³/mol. The molecule has 2 N–H and O–H groups in total. The maximum absolute atomic E-state index is 12.0. The van der Waals surface area contributed by atoms with Crippen LogP contribution in [0.1, 0.15) is 45.4 Å². The van der Waals surface area contributed by atoms with E-state index in [4.69, 9.17) is 0 Å². The van der Waals surface area contributed by atoms with Crippen LogP contribution >= 0.6 is 0 Å². The summed E-state index contributed by atoms with van der Waals surface area (Å²) in [5, 5.41) is 5.44. The molecule has 16 heavy (non-hydrogen) atoms. The summed E-state index contributed by atoms with van der Waals surface area (Å²) < 4.78 is 0. The molecule has 92 valence electrons. The summed E-state index contributed by atoms with van der Waals surface area (Å²) in [7, 11) is 0. The van der Waals surface area contributed by atoms with Crippen molar-refractivity contribution in [2.45, 2.75) is 57.5 Å². The van der Waals surface area contributed by atoms with Gasteiger partial charge in [-0.25, -0.2) is 5.01 Å². The highest BCUT2D eigenvalue weighted by atomic mass is 16.2. The molecule has 4 nitrogen and oxygen atoms in total. The summed E-state index contributed by atoms with van der Waals surface area (Å²) in [5.74, 6) is 0.161. The van der Waals surface area contributed by atoms with Gasteiger partial charge < -0.3 is 5.32 Å². The highest BCUT2D eigenvalue weighted by Crippen LogP contribution is 2.13. The van der Waals surface area contributed by atoms with Crippen molar-refractivity contribution in [2.24, 2.45) is 0 Å². The van der Waals surface area contributed by atoms with Crippen LogP contribution in [0.25, 0.3) is 0 Å². The number of piperidine rings is 2. The molecular weight excluding hydrogens is 202 g/mol. The van der Waals surface area contributed by atoms with Crippen molar-refractivity contribution in [2.75, 3.05) is 13.1 Å². The third-order valence-corrected chi connectivity index (χ3v) is 3.56. The van der Waals surface area contributed by atoms with E-state index in [9.17, 15) is 4.79 Å². The maximum Gasteiger partial charge on any atom is 0.251 e. The fourth-order valence-corrected chi connectivity index (χ4v) is 2.58. The van der Waals surface area contributed by atoms with Crippen LogP contribution in [0.3, 0.4) is 0 Å². The standard InChI is InChI=1S/C12H23N3O/c1-10-6-5-7-11(13-10)12(16)14-15-8-3-2-4-9-15/h10-11,13H,2-9H2,1H3,(H,14,16). The van der Waals surface area contributed by atoms with Crippen LogP contribution in [0, 0.1) is 0 Å². The van der Waals surface area contributed by atoms with E-state index in [2.05, 4.69) is 22.7 Å². The second kappa shape index (κ2) is 5.64. The number of rotatable bonds is 2. The first-order valence-corrected chi connectivity index (χ1v) is 6.57. The van der Waals surface area contributed by atoms with Gasteiger partial charge in [-0.1, -0.05) is 6.42 Å². The molecule has 2 unspecified atom stereocenters. The monoisotopic (exact) mass is 225 g/mol. The Balaban J connectivity index is 1.77. The van der Waals surface area contributed by atoms with Gasteiger partial charge >= 0.3 is 0 Å². The highest BCUT2D eigenvalue weighted by molar-refractivity contribution is 5.81. The lowest BCUT2D eigenvalue weighted by atomic mass is 9.99. The number of amides is 1. The van der Waals surface area contributed by atoms with Gasteiger partial charge in [-0.2, -0.15) is 0 Å². The van der Waals surface area contributed by atoms with Crippen LogP contribution in [0.15, 0.2) is 0 Å². The van der Waals surface area contributed by atoms with Gasteiger partial charge in [-0.15, -0.1) is 0 Å². The van der Waals surface area contributed by atoms with Gasteiger partial charge in [0.05, 0.1) is 6.04 Å². The van der Waals surface area contributed by atoms with Crippen molar-refractivity contribution >= 4 is 5.91 Å². The minimum atomic E-state index is 0.0191. The van der Waals surface area contributed by atoms with Crippen LogP contribution < -0.4 is 10.7 Å². The Morgan fingerprint density at radius 1 is 1.19 bits per heavy atom. The molecule has 0 aromatic carbocycles. The lowest BCUT2D eigenvalue weighted by Crippen LogP contribution is -2.55. The van der Waals surface area contributed by atoms with Crippen LogP contribution in [0.5, 0.6) is 0 Å². The normalized spacial score (nSPS) is 32.3. The van der Waals surface area contributed by atoms with Gasteiger partial charge in [0.2, 0.25) is 0 Å². The molecule has 0 bridgehead atoms. The minimum Gasteiger partial charge on any atom is -0.303 e. The number of hydrazine groups is 1. The van der Waals surface area contributed by atoms with Crippen LogP contribution in [-0.2, 0) is 4.79 Å². The Labute approximate surface area is 97.7 Å². The summed E-state index contributed by atoms with van der Waals surface area (Å²) in [4.78, 5) is 12.0. The van der Waals surface area contributed by atoms with Crippen molar-refractivity contribution in [3.63, 3.8) is 0 Å². The van der Waals surface area contributed by atoms with Gasteiger partial charge in [0, 0.05) is 19.1 Å². The van der Waals surface area contributed by atoms with Gasteiger partial charge in [0.15, 0.2) is 0 Å². The Kier molecular flexibility index (Phi) is 4.18. The molecule has 0 radical (unpaired) electrons. The van der Waals surface area contributed by atoms with Gasteiger partial charge in [-0.05, 0) is 39.0 Å². The molecule has 0 saturated carbocycles. The van der Waals surface area contributed by atoms with E-state index < -0.39 is 0 Å². The number of hydrogen-bond acceptors (Lipinski definition) is 3. The lowest BCUT2D eigenvalue weighted by Gasteiger charge is -2.32. The van der Waals surface area contributed by atoms with Crippen LogP contribution in [0.4, 0.5) is 0 Å². The van der Waals surface area contributed by atoms with Crippen molar-refractivity contribution in [3.05, 3.63) is 0 Å². The smallest absolute Gasteiger partial charge is 0.251 e. The molecule has 2 fully saturated rings. The van der Waals surface area contributed by atoms with Crippen molar-refractivity contribution < 1.29 is 4.79 Å². The lowest BCUT2D eigenvalue weighted by molar-refractivity contribution is -0.129. The summed E-state index contributed by atoms with van der Waals surface area (Å²) in [6, 6.07) is 0.497. The van der Waals surface area contributed by atoms with Crippen molar-refractivity contribution in [1.82, 2.24) is 15.8 Å². The highest BCUT2D eigenvalue weighted by Gasteiger charge is 2.25. The molecule has 0 aromatic heterocycles. The van der Waals surface area contributed by atoms with Crippen molar-refractivity contribution in [3.8, 4) is 0 Å². The Bertz CT molecular complexity index is 238. The second-order valence-electron chi connectivity index (χ2n) is 5.07. The fraction of sp³-hybridized carbons (Fsp3) is 0.917. The first-order valence-electron chi connectivity index (χ1n) is 6.57. The van der Waals surface area contributed by atoms with Crippen molar-refractivity contribution in [1.29, 1.82) is 0 Å². The molecule has 2 aliphatic heterocycles. The largest absolute Gasteiger partial charge is 0.303 e. The molecule has 2 heterocycles. The van der Waals surface area contributed by atoms with E-state index in [1.165, 1.54) is 25.7 Å².